The molecule has 9 heteroatoms. The van der Waals surface area contributed by atoms with Gasteiger partial charge in [-0.15, -0.1) is 0 Å². The van der Waals surface area contributed by atoms with E-state index in [1.807, 2.05) is 50.7 Å². The number of hydrogen-bond acceptors (Lipinski definition) is 5. The van der Waals surface area contributed by atoms with Crippen molar-refractivity contribution in [3.05, 3.63) is 102 Å². The van der Waals surface area contributed by atoms with Crippen LogP contribution in [0.25, 0.3) is 27.7 Å². The molecule has 0 unspecified atom stereocenters. The molecule has 0 fully saturated rings. The van der Waals surface area contributed by atoms with E-state index in [0.717, 1.165) is 27.6 Å². The lowest BCUT2D eigenvalue weighted by Gasteiger charge is -2.12. The highest BCUT2D eigenvalue weighted by molar-refractivity contribution is 6.08. The summed E-state index contributed by atoms with van der Waals surface area (Å²) in [5, 5.41) is 10.5. The smallest absolute Gasteiger partial charge is 0.324 e. The van der Waals surface area contributed by atoms with Gasteiger partial charge in [-0.2, -0.15) is 0 Å². The van der Waals surface area contributed by atoms with Crippen LogP contribution < -0.4 is 10.6 Å². The van der Waals surface area contributed by atoms with Crippen LogP contribution >= 0.6 is 0 Å². The first-order chi connectivity index (χ1) is 19.6. The first kappa shape index (κ1) is 26.1. The van der Waals surface area contributed by atoms with Crippen LogP contribution in [0.5, 0.6) is 0 Å². The number of amides is 2. The van der Waals surface area contributed by atoms with Crippen molar-refractivity contribution in [2.45, 2.75) is 33.1 Å². The van der Waals surface area contributed by atoms with Crippen molar-refractivity contribution in [1.29, 1.82) is 0 Å². The zero-order chi connectivity index (χ0) is 28.9. The van der Waals surface area contributed by atoms with E-state index in [4.69, 9.17) is 4.52 Å². The summed E-state index contributed by atoms with van der Waals surface area (Å²) in [6.07, 6.45) is 5.62. The minimum Gasteiger partial charge on any atom is -0.359 e. The van der Waals surface area contributed by atoms with Gasteiger partial charge >= 0.3 is 6.03 Å². The third-order valence-corrected chi connectivity index (χ3v) is 7.18. The molecule has 0 spiro atoms. The van der Waals surface area contributed by atoms with E-state index in [-0.39, 0.29) is 11.2 Å². The van der Waals surface area contributed by atoms with Gasteiger partial charge in [0.25, 0.3) is 0 Å². The average Bonchev–Trinajstić information content (AvgIpc) is 3.66. The van der Waals surface area contributed by atoms with Crippen molar-refractivity contribution in [3.8, 4) is 11.1 Å². The quantitative estimate of drug-likeness (QED) is 0.227. The number of nitrogens with zero attached hydrogens (tertiary/aromatic N) is 4. The second-order valence-electron chi connectivity index (χ2n) is 11.3. The highest BCUT2D eigenvalue weighted by atomic mass is 16.5. The summed E-state index contributed by atoms with van der Waals surface area (Å²) in [6.45, 7) is 8.04. The van der Waals surface area contributed by atoms with Gasteiger partial charge in [0, 0.05) is 58.6 Å². The van der Waals surface area contributed by atoms with Crippen LogP contribution in [0.15, 0.2) is 83.8 Å². The van der Waals surface area contributed by atoms with Crippen molar-refractivity contribution in [3.63, 3.8) is 0 Å². The lowest BCUT2D eigenvalue weighted by atomic mass is 9.93. The summed E-state index contributed by atoms with van der Waals surface area (Å²) in [7, 11) is 2.03. The van der Waals surface area contributed by atoms with Gasteiger partial charge in [0.1, 0.15) is 17.1 Å². The van der Waals surface area contributed by atoms with Crippen LogP contribution in [-0.4, -0.2) is 30.9 Å². The third-order valence-electron chi connectivity index (χ3n) is 7.18. The van der Waals surface area contributed by atoms with E-state index in [9.17, 15) is 9.59 Å². The largest absolute Gasteiger partial charge is 0.359 e. The van der Waals surface area contributed by atoms with Crippen molar-refractivity contribution in [2.24, 2.45) is 7.05 Å². The number of aromatic nitrogens is 4. The Morgan fingerprint density at radius 2 is 1.73 bits per heavy atom. The Labute approximate surface area is 236 Å². The van der Waals surface area contributed by atoms with Gasteiger partial charge in [0.15, 0.2) is 5.82 Å². The Morgan fingerprint density at radius 1 is 0.951 bits per heavy atom. The van der Waals surface area contributed by atoms with Gasteiger partial charge in [0.05, 0.1) is 6.20 Å². The second kappa shape index (κ2) is 9.78. The predicted molar refractivity (Wildman–Crippen MR) is 160 cm³/mol. The van der Waals surface area contributed by atoms with Crippen LogP contribution in [0, 0.1) is 6.92 Å². The molecule has 0 aliphatic rings. The number of anilines is 2. The monoisotopic (exact) mass is 546 g/mol. The highest BCUT2D eigenvalue weighted by Gasteiger charge is 2.21. The van der Waals surface area contributed by atoms with E-state index >= 15 is 0 Å². The minimum atomic E-state index is -0.462. The molecule has 4 heterocycles. The maximum atomic E-state index is 13.5. The molecule has 0 atom stereocenters. The van der Waals surface area contributed by atoms with E-state index < -0.39 is 6.03 Å². The third kappa shape index (κ3) is 4.98. The Hall–Kier alpha value is -5.18. The van der Waals surface area contributed by atoms with E-state index in [1.54, 1.807) is 36.5 Å². The molecule has 9 nitrogen and oxygen atoms in total. The Morgan fingerprint density at radius 3 is 2.46 bits per heavy atom. The first-order valence-electron chi connectivity index (χ1n) is 13.3. The molecule has 0 saturated heterocycles. The fourth-order valence-electron chi connectivity index (χ4n) is 4.86. The van der Waals surface area contributed by atoms with Gasteiger partial charge in [-0.05, 0) is 66.6 Å². The van der Waals surface area contributed by atoms with E-state index in [1.165, 1.54) is 0 Å². The molecule has 0 aliphatic heterocycles. The Balaban J connectivity index is 1.21. The summed E-state index contributed by atoms with van der Waals surface area (Å²) < 4.78 is 9.24. The van der Waals surface area contributed by atoms with Crippen molar-refractivity contribution in [2.75, 3.05) is 10.6 Å². The van der Waals surface area contributed by atoms with Crippen LogP contribution in [0.2, 0.25) is 0 Å². The molecule has 41 heavy (non-hydrogen) atoms. The summed E-state index contributed by atoms with van der Waals surface area (Å²) in [6, 6.07) is 18.4. The summed E-state index contributed by atoms with van der Waals surface area (Å²) in [5.74, 6) is 0.826. The molecular formula is C32H30N6O3. The fourth-order valence-corrected chi connectivity index (χ4v) is 4.86. The molecule has 0 bridgehead atoms. The molecule has 0 saturated carbocycles. The molecule has 2 N–H and O–H groups in total. The Bertz CT molecular complexity index is 1940. The van der Waals surface area contributed by atoms with Gasteiger partial charge < -0.3 is 14.4 Å². The van der Waals surface area contributed by atoms with Gasteiger partial charge in [-0.3, -0.25) is 14.5 Å². The maximum absolute atomic E-state index is 13.5. The van der Waals surface area contributed by atoms with Crippen molar-refractivity contribution >= 4 is 39.9 Å². The number of carbonyl (C=O) groups is 2. The molecule has 6 aromatic rings. The number of ketones is 1. The lowest BCUT2D eigenvalue weighted by molar-refractivity contribution is 0.103. The normalized spacial score (nSPS) is 11.7. The standard InChI is InChI=1S/C32H30N6O3/c1-19-14-29-33-17-26(38(29)18-24(19)21-8-11-25-22(15-21)12-13-37(25)5)30(39)20-6-9-23(10-7-20)34-31(40)35-28-16-27(41-36-28)32(2,3)4/h6-18H,1-5H3,(H2,34,35,36,40). The van der Waals surface area contributed by atoms with Crippen LogP contribution in [-0.2, 0) is 12.5 Å². The average molecular weight is 547 g/mol. The molecule has 2 amide bonds. The number of imidazole rings is 1. The van der Waals surface area contributed by atoms with Gasteiger partial charge in [0.2, 0.25) is 5.78 Å². The summed E-state index contributed by atoms with van der Waals surface area (Å²) in [4.78, 5) is 30.5. The predicted octanol–water partition coefficient (Wildman–Crippen LogP) is 6.96. The SMILES string of the molecule is Cc1cc2ncc(C(=O)c3ccc(NC(=O)Nc4cc(C(C)(C)C)on4)cc3)n2cc1-c1ccc2c(ccn2C)c1. The fraction of sp³-hybridized carbons (Fsp3) is 0.188. The van der Waals surface area contributed by atoms with Gasteiger partial charge in [-0.25, -0.2) is 9.78 Å². The maximum Gasteiger partial charge on any atom is 0.324 e. The second-order valence-corrected chi connectivity index (χ2v) is 11.3. The zero-order valence-electron chi connectivity index (χ0n) is 23.5. The number of hydrogen-bond donors (Lipinski definition) is 2. The number of aryl methyl sites for hydroxylation is 2. The molecule has 0 aliphatic carbocycles. The number of rotatable bonds is 5. The number of urea groups is 1. The minimum absolute atomic E-state index is 0.167. The van der Waals surface area contributed by atoms with E-state index in [2.05, 4.69) is 56.5 Å². The lowest BCUT2D eigenvalue weighted by Crippen LogP contribution is -2.19. The zero-order valence-corrected chi connectivity index (χ0v) is 23.5. The number of nitrogens with one attached hydrogen (secondary N) is 2. The first-order valence-corrected chi connectivity index (χ1v) is 13.3. The van der Waals surface area contributed by atoms with E-state index in [0.29, 0.717) is 34.2 Å². The molecule has 0 radical (unpaired) electrons. The molecule has 6 rings (SSSR count). The molecule has 4 aromatic heterocycles. The summed E-state index contributed by atoms with van der Waals surface area (Å²) >= 11 is 0. The molecule has 2 aromatic carbocycles. The van der Waals surface area contributed by atoms with Crippen molar-refractivity contribution < 1.29 is 14.1 Å². The van der Waals surface area contributed by atoms with Crippen LogP contribution in [0.3, 0.4) is 0 Å². The van der Waals surface area contributed by atoms with Crippen LogP contribution in [0.4, 0.5) is 16.3 Å². The number of fused-ring (bicyclic) bond motifs is 2. The van der Waals surface area contributed by atoms with Gasteiger partial charge in [-0.1, -0.05) is 32.0 Å². The topological polar surface area (TPSA) is 106 Å². The summed E-state index contributed by atoms with van der Waals surface area (Å²) in [5.41, 5.74) is 6.30. The number of carbonyl (C=O) groups excluding carboxylic acids is 2. The molecule has 206 valence electrons. The number of pyridine rings is 1. The Kier molecular flexibility index (Phi) is 6.22. The highest BCUT2D eigenvalue weighted by Crippen LogP contribution is 2.29. The number of benzene rings is 2. The van der Waals surface area contributed by atoms with Crippen LogP contribution in [0.1, 0.15) is 48.1 Å². The van der Waals surface area contributed by atoms with Crippen molar-refractivity contribution in [1.82, 2.24) is 19.1 Å². The molecular weight excluding hydrogens is 516 g/mol.